The van der Waals surface area contributed by atoms with E-state index in [1.54, 1.807) is 0 Å². The van der Waals surface area contributed by atoms with Gasteiger partial charge in [-0.3, -0.25) is 0 Å². The Balaban J connectivity index is 1.84. The molecule has 2 N–H and O–H groups in total. The number of aromatic nitrogens is 4. The minimum atomic E-state index is 0.743. The molecule has 18 heavy (non-hydrogen) atoms. The lowest BCUT2D eigenvalue weighted by Crippen LogP contribution is -2.43. The number of tetrazole rings is 1. The number of aromatic amines is 1. The molecule has 94 valence electrons. The lowest BCUT2D eigenvalue weighted by Gasteiger charge is -2.31. The van der Waals surface area contributed by atoms with Crippen molar-refractivity contribution in [2.45, 2.75) is 6.42 Å². The molecule has 0 radical (unpaired) electrons. The number of para-hydroxylation sites is 1. The van der Waals surface area contributed by atoms with Crippen molar-refractivity contribution >= 4 is 5.69 Å². The SMILES string of the molecule is c1ccc(N2CCNCC2)c(Cc2nnn[nH]2)c1. The molecule has 0 atom stereocenters. The van der Waals surface area contributed by atoms with E-state index in [2.05, 4.69) is 55.1 Å². The van der Waals surface area contributed by atoms with Gasteiger partial charge in [0.1, 0.15) is 0 Å². The molecule has 0 saturated carbocycles. The lowest BCUT2D eigenvalue weighted by atomic mass is 10.1. The first-order valence-corrected chi connectivity index (χ1v) is 6.19. The Labute approximate surface area is 105 Å². The number of rotatable bonds is 3. The molecule has 6 nitrogen and oxygen atoms in total. The van der Waals surface area contributed by atoms with Gasteiger partial charge in [-0.2, -0.15) is 0 Å². The zero-order chi connectivity index (χ0) is 12.2. The molecule has 1 aromatic carbocycles. The predicted molar refractivity (Wildman–Crippen MR) is 68.5 cm³/mol. The molecule has 1 aliphatic rings. The Bertz CT molecular complexity index is 489. The van der Waals surface area contributed by atoms with E-state index in [1.807, 2.05) is 0 Å². The Hall–Kier alpha value is -1.95. The van der Waals surface area contributed by atoms with Crippen molar-refractivity contribution in [2.24, 2.45) is 0 Å². The average Bonchev–Trinajstić information content (AvgIpc) is 2.93. The third-order valence-corrected chi connectivity index (χ3v) is 3.20. The van der Waals surface area contributed by atoms with E-state index < -0.39 is 0 Å². The van der Waals surface area contributed by atoms with Crippen LogP contribution < -0.4 is 10.2 Å². The summed E-state index contributed by atoms with van der Waals surface area (Å²) in [5, 5.41) is 17.4. The summed E-state index contributed by atoms with van der Waals surface area (Å²) in [6.45, 7) is 4.17. The fourth-order valence-corrected chi connectivity index (χ4v) is 2.31. The Morgan fingerprint density at radius 1 is 1.17 bits per heavy atom. The molecule has 0 spiro atoms. The summed E-state index contributed by atoms with van der Waals surface area (Å²) in [5.41, 5.74) is 2.55. The number of anilines is 1. The van der Waals surface area contributed by atoms with Crippen LogP contribution in [0.25, 0.3) is 0 Å². The van der Waals surface area contributed by atoms with Crippen molar-refractivity contribution in [1.29, 1.82) is 0 Å². The van der Waals surface area contributed by atoms with Crippen LogP contribution >= 0.6 is 0 Å². The van der Waals surface area contributed by atoms with Gasteiger partial charge in [-0.25, -0.2) is 5.10 Å². The largest absolute Gasteiger partial charge is 0.369 e. The maximum Gasteiger partial charge on any atom is 0.152 e. The second kappa shape index (κ2) is 5.14. The normalized spacial score (nSPS) is 15.9. The molecule has 6 heteroatoms. The predicted octanol–water partition coefficient (Wildman–Crippen LogP) is 0.200. The molecular formula is C12H16N6. The number of hydrogen-bond donors (Lipinski definition) is 2. The third kappa shape index (κ3) is 2.33. The summed E-state index contributed by atoms with van der Waals surface area (Å²) in [5.74, 6) is 0.803. The second-order valence-electron chi connectivity index (χ2n) is 4.39. The smallest absolute Gasteiger partial charge is 0.152 e. The van der Waals surface area contributed by atoms with Crippen LogP contribution in [0.2, 0.25) is 0 Å². The average molecular weight is 244 g/mol. The van der Waals surface area contributed by atoms with Crippen LogP contribution in [0.1, 0.15) is 11.4 Å². The first-order valence-electron chi connectivity index (χ1n) is 6.19. The van der Waals surface area contributed by atoms with E-state index in [9.17, 15) is 0 Å². The monoisotopic (exact) mass is 244 g/mol. The summed E-state index contributed by atoms with van der Waals surface area (Å²) in [4.78, 5) is 2.41. The zero-order valence-corrected chi connectivity index (χ0v) is 10.1. The van der Waals surface area contributed by atoms with Gasteiger partial charge in [0.15, 0.2) is 5.82 Å². The van der Waals surface area contributed by atoms with Crippen molar-refractivity contribution in [3.63, 3.8) is 0 Å². The first kappa shape index (κ1) is 11.2. The number of hydrogen-bond acceptors (Lipinski definition) is 5. The number of piperazine rings is 1. The minimum Gasteiger partial charge on any atom is -0.369 e. The van der Waals surface area contributed by atoms with Crippen LogP contribution in [0.4, 0.5) is 5.69 Å². The molecule has 0 bridgehead atoms. The van der Waals surface area contributed by atoms with Gasteiger partial charge in [-0.1, -0.05) is 18.2 Å². The van der Waals surface area contributed by atoms with Crippen LogP contribution in [-0.2, 0) is 6.42 Å². The van der Waals surface area contributed by atoms with Crippen molar-refractivity contribution in [1.82, 2.24) is 25.9 Å². The maximum atomic E-state index is 3.95. The van der Waals surface area contributed by atoms with Crippen LogP contribution in [-0.4, -0.2) is 46.8 Å². The highest BCUT2D eigenvalue weighted by atomic mass is 15.5. The highest BCUT2D eigenvalue weighted by molar-refractivity contribution is 5.54. The van der Waals surface area contributed by atoms with E-state index in [4.69, 9.17) is 0 Å². The molecule has 3 rings (SSSR count). The molecule has 1 fully saturated rings. The number of H-pyrrole nitrogens is 1. The van der Waals surface area contributed by atoms with Crippen LogP contribution in [0.15, 0.2) is 24.3 Å². The molecule has 1 saturated heterocycles. The van der Waals surface area contributed by atoms with Crippen molar-refractivity contribution < 1.29 is 0 Å². The molecular weight excluding hydrogens is 228 g/mol. The summed E-state index contributed by atoms with van der Waals surface area (Å²) in [6.07, 6.45) is 0.743. The van der Waals surface area contributed by atoms with Crippen LogP contribution in [0.3, 0.4) is 0 Å². The van der Waals surface area contributed by atoms with Crippen LogP contribution in [0.5, 0.6) is 0 Å². The van der Waals surface area contributed by atoms with E-state index in [0.29, 0.717) is 0 Å². The molecule has 1 aliphatic heterocycles. The van der Waals surface area contributed by atoms with Gasteiger partial charge in [-0.05, 0) is 22.1 Å². The Morgan fingerprint density at radius 3 is 2.78 bits per heavy atom. The highest BCUT2D eigenvalue weighted by Gasteiger charge is 2.14. The number of nitrogens with one attached hydrogen (secondary N) is 2. The summed E-state index contributed by atoms with van der Waals surface area (Å²) in [7, 11) is 0. The van der Waals surface area contributed by atoms with Gasteiger partial charge in [0.25, 0.3) is 0 Å². The molecule has 1 aromatic heterocycles. The first-order chi connectivity index (χ1) is 8.93. The van der Waals surface area contributed by atoms with Crippen molar-refractivity contribution in [2.75, 3.05) is 31.1 Å². The number of benzene rings is 1. The molecule has 2 aromatic rings. The van der Waals surface area contributed by atoms with E-state index >= 15 is 0 Å². The fourth-order valence-electron chi connectivity index (χ4n) is 2.31. The Morgan fingerprint density at radius 2 is 2.00 bits per heavy atom. The quantitative estimate of drug-likeness (QED) is 0.807. The zero-order valence-electron chi connectivity index (χ0n) is 10.1. The molecule has 0 aliphatic carbocycles. The second-order valence-corrected chi connectivity index (χ2v) is 4.39. The third-order valence-electron chi connectivity index (χ3n) is 3.20. The van der Waals surface area contributed by atoms with Gasteiger partial charge in [0, 0.05) is 38.3 Å². The highest BCUT2D eigenvalue weighted by Crippen LogP contribution is 2.22. The van der Waals surface area contributed by atoms with Gasteiger partial charge in [-0.15, -0.1) is 5.10 Å². The summed E-state index contributed by atoms with van der Waals surface area (Å²) in [6, 6.07) is 8.45. The summed E-state index contributed by atoms with van der Waals surface area (Å²) < 4.78 is 0. The van der Waals surface area contributed by atoms with E-state index in [1.165, 1.54) is 11.3 Å². The van der Waals surface area contributed by atoms with E-state index in [0.717, 1.165) is 38.4 Å². The lowest BCUT2D eigenvalue weighted by molar-refractivity contribution is 0.588. The topological polar surface area (TPSA) is 69.7 Å². The standard InChI is InChI=1S/C12H16N6/c1-2-4-11(18-7-5-13-6-8-18)10(3-1)9-12-14-16-17-15-12/h1-4,13H,5-9H2,(H,14,15,16,17). The molecule has 2 heterocycles. The molecule has 0 unspecified atom stereocenters. The number of nitrogens with zero attached hydrogens (tertiary/aromatic N) is 4. The van der Waals surface area contributed by atoms with Gasteiger partial charge < -0.3 is 10.2 Å². The van der Waals surface area contributed by atoms with Crippen molar-refractivity contribution in [3.8, 4) is 0 Å². The van der Waals surface area contributed by atoms with Crippen LogP contribution in [0, 0.1) is 0 Å². The van der Waals surface area contributed by atoms with Gasteiger partial charge in [0.2, 0.25) is 0 Å². The molecule has 0 amide bonds. The van der Waals surface area contributed by atoms with E-state index in [-0.39, 0.29) is 0 Å². The van der Waals surface area contributed by atoms with Gasteiger partial charge in [0.05, 0.1) is 0 Å². The fraction of sp³-hybridized carbons (Fsp3) is 0.417. The Kier molecular flexibility index (Phi) is 3.18. The van der Waals surface area contributed by atoms with Gasteiger partial charge >= 0.3 is 0 Å². The minimum absolute atomic E-state index is 0.743. The maximum absolute atomic E-state index is 3.95. The van der Waals surface area contributed by atoms with Crippen molar-refractivity contribution in [3.05, 3.63) is 35.7 Å². The summed E-state index contributed by atoms with van der Waals surface area (Å²) >= 11 is 0.